The van der Waals surface area contributed by atoms with Gasteiger partial charge in [-0.05, 0) is 20.3 Å². The molecule has 0 heterocycles. The van der Waals surface area contributed by atoms with Gasteiger partial charge in [-0.15, -0.1) is 0 Å². The van der Waals surface area contributed by atoms with Crippen LogP contribution in [0.4, 0.5) is 4.79 Å². The van der Waals surface area contributed by atoms with Gasteiger partial charge in [-0.2, -0.15) is 0 Å². The quantitative estimate of drug-likeness (QED) is 0.681. The minimum atomic E-state index is -0.709. The first-order chi connectivity index (χ1) is 6.97. The van der Waals surface area contributed by atoms with E-state index in [-0.39, 0.29) is 18.0 Å². The first-order valence-electron chi connectivity index (χ1n) is 5.01. The van der Waals surface area contributed by atoms with Gasteiger partial charge in [-0.3, -0.25) is 9.59 Å². The molecular formula is C10H18N2O3. The molecule has 2 N–H and O–H groups in total. The highest BCUT2D eigenvalue weighted by Crippen LogP contribution is 1.95. The zero-order valence-electron chi connectivity index (χ0n) is 9.42. The SMILES string of the molecule is CCCNC(=O)N[C@@H](CC(C)=O)C(C)=O. The van der Waals surface area contributed by atoms with Crippen molar-refractivity contribution in [2.24, 2.45) is 0 Å². The van der Waals surface area contributed by atoms with Gasteiger partial charge in [0.1, 0.15) is 5.78 Å². The molecule has 0 bridgehead atoms. The molecule has 0 rings (SSSR count). The Morgan fingerprint density at radius 3 is 2.20 bits per heavy atom. The molecule has 0 fully saturated rings. The Kier molecular flexibility index (Phi) is 6.33. The highest BCUT2D eigenvalue weighted by atomic mass is 16.2. The molecule has 0 radical (unpaired) electrons. The molecule has 0 aromatic rings. The van der Waals surface area contributed by atoms with Crippen LogP contribution in [0.2, 0.25) is 0 Å². The number of urea groups is 1. The zero-order chi connectivity index (χ0) is 11.8. The summed E-state index contributed by atoms with van der Waals surface area (Å²) in [4.78, 5) is 33.1. The third-order valence-electron chi connectivity index (χ3n) is 1.82. The molecule has 2 amide bonds. The molecule has 5 heteroatoms. The van der Waals surface area contributed by atoms with Crippen molar-refractivity contribution in [1.29, 1.82) is 0 Å². The average molecular weight is 214 g/mol. The number of hydrogen-bond acceptors (Lipinski definition) is 3. The van der Waals surface area contributed by atoms with Crippen molar-refractivity contribution in [3.8, 4) is 0 Å². The van der Waals surface area contributed by atoms with Crippen molar-refractivity contribution in [1.82, 2.24) is 10.6 Å². The van der Waals surface area contributed by atoms with Gasteiger partial charge in [-0.25, -0.2) is 4.79 Å². The minimum absolute atomic E-state index is 0.0505. The van der Waals surface area contributed by atoms with Gasteiger partial charge in [0.05, 0.1) is 6.04 Å². The Morgan fingerprint density at radius 2 is 1.80 bits per heavy atom. The van der Waals surface area contributed by atoms with E-state index in [1.807, 2.05) is 6.92 Å². The van der Waals surface area contributed by atoms with Crippen LogP contribution in [-0.4, -0.2) is 30.2 Å². The fraction of sp³-hybridized carbons (Fsp3) is 0.700. The molecule has 0 aromatic carbocycles. The Labute approximate surface area is 89.6 Å². The molecule has 0 aromatic heterocycles. The van der Waals surface area contributed by atoms with E-state index in [1.54, 1.807) is 0 Å². The van der Waals surface area contributed by atoms with Gasteiger partial charge in [0, 0.05) is 13.0 Å². The summed E-state index contributed by atoms with van der Waals surface area (Å²) in [5.41, 5.74) is 0. The molecule has 1 atom stereocenters. The summed E-state index contributed by atoms with van der Waals surface area (Å²) in [6.07, 6.45) is 0.875. The number of nitrogens with one attached hydrogen (secondary N) is 2. The number of amides is 2. The highest BCUT2D eigenvalue weighted by Gasteiger charge is 2.18. The Bertz CT molecular complexity index is 251. The maximum atomic E-state index is 11.2. The van der Waals surface area contributed by atoms with Crippen LogP contribution in [0.3, 0.4) is 0 Å². The second-order valence-electron chi connectivity index (χ2n) is 3.47. The smallest absolute Gasteiger partial charge is 0.315 e. The molecule has 86 valence electrons. The topological polar surface area (TPSA) is 75.3 Å². The van der Waals surface area contributed by atoms with Gasteiger partial charge in [0.15, 0.2) is 5.78 Å². The Balaban J connectivity index is 4.10. The Hall–Kier alpha value is -1.39. The number of ketones is 2. The molecular weight excluding hydrogens is 196 g/mol. The number of carbonyl (C=O) groups is 3. The van der Waals surface area contributed by atoms with Crippen LogP contribution >= 0.6 is 0 Å². The number of hydrogen-bond donors (Lipinski definition) is 2. The van der Waals surface area contributed by atoms with E-state index in [9.17, 15) is 14.4 Å². The summed E-state index contributed by atoms with van der Waals surface area (Å²) in [5.74, 6) is -0.331. The van der Waals surface area contributed by atoms with Gasteiger partial charge < -0.3 is 10.6 Å². The molecule has 0 aliphatic heterocycles. The van der Waals surface area contributed by atoms with Gasteiger partial charge >= 0.3 is 6.03 Å². The van der Waals surface area contributed by atoms with Crippen molar-refractivity contribution in [2.75, 3.05) is 6.54 Å². The van der Waals surface area contributed by atoms with Crippen LogP contribution in [0.15, 0.2) is 0 Å². The van der Waals surface area contributed by atoms with E-state index < -0.39 is 12.1 Å². The van der Waals surface area contributed by atoms with Crippen molar-refractivity contribution >= 4 is 17.6 Å². The highest BCUT2D eigenvalue weighted by molar-refractivity contribution is 5.91. The normalized spacial score (nSPS) is 11.7. The predicted molar refractivity (Wildman–Crippen MR) is 56.6 cm³/mol. The Morgan fingerprint density at radius 1 is 1.20 bits per heavy atom. The first kappa shape index (κ1) is 13.6. The van der Waals surface area contributed by atoms with Crippen LogP contribution in [-0.2, 0) is 9.59 Å². The fourth-order valence-corrected chi connectivity index (χ4v) is 1.03. The standard InChI is InChI=1S/C10H18N2O3/c1-4-5-11-10(15)12-9(8(3)14)6-7(2)13/h9H,4-6H2,1-3H3,(H2,11,12,15)/t9-/m0/s1. The van der Waals surface area contributed by atoms with Gasteiger partial charge in [-0.1, -0.05) is 6.92 Å². The maximum Gasteiger partial charge on any atom is 0.315 e. The van der Waals surface area contributed by atoms with Crippen LogP contribution < -0.4 is 10.6 Å². The van der Waals surface area contributed by atoms with Crippen LogP contribution in [0.1, 0.15) is 33.6 Å². The lowest BCUT2D eigenvalue weighted by molar-refractivity contribution is -0.123. The third kappa shape index (κ3) is 6.65. The lowest BCUT2D eigenvalue weighted by Gasteiger charge is -2.14. The van der Waals surface area contributed by atoms with E-state index in [0.29, 0.717) is 6.54 Å². The van der Waals surface area contributed by atoms with E-state index in [4.69, 9.17) is 0 Å². The van der Waals surface area contributed by atoms with E-state index in [0.717, 1.165) is 6.42 Å². The second-order valence-corrected chi connectivity index (χ2v) is 3.47. The summed E-state index contributed by atoms with van der Waals surface area (Å²) in [6, 6.07) is -1.11. The molecule has 5 nitrogen and oxygen atoms in total. The fourth-order valence-electron chi connectivity index (χ4n) is 1.03. The lowest BCUT2D eigenvalue weighted by atomic mass is 10.1. The zero-order valence-corrected chi connectivity index (χ0v) is 9.42. The largest absolute Gasteiger partial charge is 0.338 e. The van der Waals surface area contributed by atoms with Crippen molar-refractivity contribution in [2.45, 2.75) is 39.7 Å². The minimum Gasteiger partial charge on any atom is -0.338 e. The number of Topliss-reactive ketones (excluding diaryl/α,β-unsaturated/α-hetero) is 2. The third-order valence-corrected chi connectivity index (χ3v) is 1.82. The summed E-state index contributed by atoms with van der Waals surface area (Å²) in [5, 5.41) is 5.04. The maximum absolute atomic E-state index is 11.2. The van der Waals surface area contributed by atoms with Gasteiger partial charge in [0.2, 0.25) is 0 Å². The van der Waals surface area contributed by atoms with Crippen molar-refractivity contribution < 1.29 is 14.4 Å². The predicted octanol–water partition coefficient (Wildman–Crippen LogP) is 0.632. The van der Waals surface area contributed by atoms with E-state index in [2.05, 4.69) is 10.6 Å². The second kappa shape index (κ2) is 6.98. The molecule has 0 saturated heterocycles. The molecule has 15 heavy (non-hydrogen) atoms. The molecule has 0 unspecified atom stereocenters. The van der Waals surface area contributed by atoms with Crippen LogP contribution in [0.5, 0.6) is 0 Å². The number of rotatable bonds is 6. The summed E-state index contributed by atoms with van der Waals surface area (Å²) in [6.45, 7) is 5.23. The van der Waals surface area contributed by atoms with Crippen LogP contribution in [0, 0.1) is 0 Å². The average Bonchev–Trinajstić information content (AvgIpc) is 2.12. The van der Waals surface area contributed by atoms with Gasteiger partial charge in [0.25, 0.3) is 0 Å². The molecule has 0 saturated carbocycles. The van der Waals surface area contributed by atoms with E-state index in [1.165, 1.54) is 13.8 Å². The summed E-state index contributed by atoms with van der Waals surface area (Å²) in [7, 11) is 0. The summed E-state index contributed by atoms with van der Waals surface area (Å²) < 4.78 is 0. The van der Waals surface area contributed by atoms with Crippen molar-refractivity contribution in [3.05, 3.63) is 0 Å². The monoisotopic (exact) mass is 214 g/mol. The molecule has 0 aliphatic carbocycles. The molecule has 0 aliphatic rings. The van der Waals surface area contributed by atoms with E-state index >= 15 is 0 Å². The summed E-state index contributed by atoms with van der Waals surface area (Å²) >= 11 is 0. The lowest BCUT2D eigenvalue weighted by Crippen LogP contribution is -2.46. The first-order valence-corrected chi connectivity index (χ1v) is 5.01. The molecule has 0 spiro atoms. The van der Waals surface area contributed by atoms with Crippen LogP contribution in [0.25, 0.3) is 0 Å². The van der Waals surface area contributed by atoms with Crippen molar-refractivity contribution in [3.63, 3.8) is 0 Å². The number of carbonyl (C=O) groups excluding carboxylic acids is 3.